The number of alkyl halides is 2. The van der Waals surface area contributed by atoms with Crippen molar-refractivity contribution in [3.8, 4) is 5.75 Å². The van der Waals surface area contributed by atoms with Gasteiger partial charge in [0.2, 0.25) is 5.76 Å². The number of halogens is 3. The highest BCUT2D eigenvalue weighted by Crippen LogP contribution is 2.26. The van der Waals surface area contributed by atoms with Crippen LogP contribution in [0.15, 0.2) is 33.5 Å². The van der Waals surface area contributed by atoms with Crippen LogP contribution < -0.4 is 15.4 Å². The molecular weight excluding hydrogens is 464 g/mol. The summed E-state index contributed by atoms with van der Waals surface area (Å²) in [7, 11) is 0. The summed E-state index contributed by atoms with van der Waals surface area (Å²) in [5.41, 5.74) is 0.582. The van der Waals surface area contributed by atoms with Crippen molar-refractivity contribution in [1.82, 2.24) is 15.6 Å². The molecule has 2 N–H and O–H groups in total. The second kappa shape index (κ2) is 10.0. The number of ether oxygens (including phenoxy) is 1. The van der Waals surface area contributed by atoms with Crippen LogP contribution in [-0.4, -0.2) is 35.5 Å². The van der Waals surface area contributed by atoms with Gasteiger partial charge in [-0.05, 0) is 43.9 Å². The van der Waals surface area contributed by atoms with E-state index in [1.807, 2.05) is 6.92 Å². The number of benzene rings is 1. The molecule has 2 aromatic rings. The van der Waals surface area contributed by atoms with Crippen molar-refractivity contribution < 1.29 is 27.5 Å². The summed E-state index contributed by atoms with van der Waals surface area (Å²) in [5.74, 6) is -0.973. The van der Waals surface area contributed by atoms with Gasteiger partial charge >= 0.3 is 6.61 Å². The van der Waals surface area contributed by atoms with Gasteiger partial charge < -0.3 is 19.8 Å². The molecule has 0 unspecified atom stereocenters. The molecule has 0 radical (unpaired) electrons. The Balaban J connectivity index is 1.69. The first kappa shape index (κ1) is 22.2. The molecule has 10 heteroatoms. The SMILES string of the molecule is CCCc1ncoc1C(=O)N[C@@H]1CCC[C@H]1NC(=O)c1cc(Br)ccc1OC(F)F. The van der Waals surface area contributed by atoms with Crippen molar-refractivity contribution in [3.05, 3.63) is 46.1 Å². The first-order chi connectivity index (χ1) is 14.4. The molecule has 1 fully saturated rings. The van der Waals surface area contributed by atoms with E-state index >= 15 is 0 Å². The van der Waals surface area contributed by atoms with Gasteiger partial charge in [0.25, 0.3) is 11.8 Å². The van der Waals surface area contributed by atoms with Crippen molar-refractivity contribution in [2.75, 3.05) is 0 Å². The van der Waals surface area contributed by atoms with Crippen molar-refractivity contribution in [3.63, 3.8) is 0 Å². The van der Waals surface area contributed by atoms with Crippen LogP contribution in [0.3, 0.4) is 0 Å². The molecule has 1 aliphatic rings. The van der Waals surface area contributed by atoms with Crippen molar-refractivity contribution in [1.29, 1.82) is 0 Å². The van der Waals surface area contributed by atoms with E-state index < -0.39 is 12.5 Å². The highest BCUT2D eigenvalue weighted by atomic mass is 79.9. The molecule has 0 spiro atoms. The monoisotopic (exact) mass is 485 g/mol. The Hall–Kier alpha value is -2.49. The predicted molar refractivity (Wildman–Crippen MR) is 108 cm³/mol. The van der Waals surface area contributed by atoms with Gasteiger partial charge in [0.1, 0.15) is 5.75 Å². The van der Waals surface area contributed by atoms with Gasteiger partial charge in [-0.1, -0.05) is 29.3 Å². The molecule has 0 bridgehead atoms. The summed E-state index contributed by atoms with van der Waals surface area (Å²) < 4.78 is 35.6. The highest BCUT2D eigenvalue weighted by molar-refractivity contribution is 9.10. The van der Waals surface area contributed by atoms with E-state index in [-0.39, 0.29) is 35.1 Å². The topological polar surface area (TPSA) is 93.5 Å². The Bertz CT molecular complexity index is 906. The van der Waals surface area contributed by atoms with Crippen molar-refractivity contribution in [2.24, 2.45) is 0 Å². The van der Waals surface area contributed by atoms with E-state index in [1.165, 1.54) is 24.6 Å². The van der Waals surface area contributed by atoms with E-state index in [1.54, 1.807) is 0 Å². The molecular formula is C20H22BrF2N3O4. The number of carbonyl (C=O) groups is 2. The van der Waals surface area contributed by atoms with Gasteiger partial charge in [0, 0.05) is 16.6 Å². The van der Waals surface area contributed by atoms with E-state index in [4.69, 9.17) is 4.42 Å². The smallest absolute Gasteiger partial charge is 0.387 e. The second-order valence-corrected chi connectivity index (χ2v) is 7.90. The number of nitrogens with zero attached hydrogens (tertiary/aromatic N) is 1. The van der Waals surface area contributed by atoms with Crippen LogP contribution in [0.4, 0.5) is 8.78 Å². The zero-order chi connectivity index (χ0) is 21.7. The third-order valence-corrected chi connectivity index (χ3v) is 5.38. The molecule has 1 aliphatic carbocycles. The van der Waals surface area contributed by atoms with E-state index in [0.29, 0.717) is 29.4 Å². The fourth-order valence-corrected chi connectivity index (χ4v) is 3.89. The lowest BCUT2D eigenvalue weighted by Gasteiger charge is -2.22. The van der Waals surface area contributed by atoms with Gasteiger partial charge in [-0.3, -0.25) is 9.59 Å². The molecule has 1 aromatic heterocycles. The standard InChI is InChI=1S/C20H22BrF2N3O4/c1-2-4-15-17(29-10-24-15)19(28)26-14-6-3-5-13(14)25-18(27)12-9-11(21)7-8-16(12)30-20(22)23/h7-10,13-14,20H,2-6H2,1H3,(H,25,27)(H,26,28)/t13-,14-/m1/s1. The maximum Gasteiger partial charge on any atom is 0.387 e. The number of aromatic nitrogens is 1. The number of amides is 2. The van der Waals surface area contributed by atoms with Crippen LogP contribution in [0, 0.1) is 0 Å². The Kier molecular flexibility index (Phi) is 7.41. The quantitative estimate of drug-likeness (QED) is 0.587. The van der Waals surface area contributed by atoms with Crippen LogP contribution in [0.5, 0.6) is 5.75 Å². The van der Waals surface area contributed by atoms with Gasteiger partial charge in [-0.15, -0.1) is 0 Å². The first-order valence-electron chi connectivity index (χ1n) is 9.67. The number of rotatable bonds is 8. The number of hydrogen-bond donors (Lipinski definition) is 2. The fourth-order valence-electron chi connectivity index (χ4n) is 3.53. The van der Waals surface area contributed by atoms with Crippen LogP contribution in [0.2, 0.25) is 0 Å². The Morgan fingerprint density at radius 1 is 1.27 bits per heavy atom. The summed E-state index contributed by atoms with van der Waals surface area (Å²) in [4.78, 5) is 29.4. The first-order valence-corrected chi connectivity index (χ1v) is 10.5. The molecule has 2 atom stereocenters. The Morgan fingerprint density at radius 2 is 1.97 bits per heavy atom. The molecule has 7 nitrogen and oxygen atoms in total. The van der Waals surface area contributed by atoms with E-state index in [0.717, 1.165) is 12.8 Å². The number of carbonyl (C=O) groups excluding carboxylic acids is 2. The average Bonchev–Trinajstić information content (AvgIpc) is 3.33. The Morgan fingerprint density at radius 3 is 2.63 bits per heavy atom. The second-order valence-electron chi connectivity index (χ2n) is 6.99. The third kappa shape index (κ3) is 5.35. The van der Waals surface area contributed by atoms with Gasteiger partial charge in [0.05, 0.1) is 11.3 Å². The van der Waals surface area contributed by atoms with Gasteiger partial charge in [0.15, 0.2) is 6.39 Å². The van der Waals surface area contributed by atoms with Gasteiger partial charge in [-0.25, -0.2) is 4.98 Å². The molecule has 3 rings (SSSR count). The summed E-state index contributed by atoms with van der Waals surface area (Å²) in [6.07, 6.45) is 4.81. The molecule has 1 saturated carbocycles. The van der Waals surface area contributed by atoms with Crippen LogP contribution >= 0.6 is 15.9 Å². The maximum atomic E-state index is 12.8. The predicted octanol–water partition coefficient (Wildman–Crippen LogP) is 4.07. The summed E-state index contributed by atoms with van der Waals surface area (Å²) in [6.45, 7) is -1.07. The van der Waals surface area contributed by atoms with Crippen molar-refractivity contribution in [2.45, 2.75) is 57.7 Å². The highest BCUT2D eigenvalue weighted by Gasteiger charge is 2.32. The number of hydrogen-bond acceptors (Lipinski definition) is 5. The van der Waals surface area contributed by atoms with Crippen molar-refractivity contribution >= 4 is 27.7 Å². The number of oxazole rings is 1. The molecule has 1 heterocycles. The minimum absolute atomic E-state index is 0.0119. The molecule has 162 valence electrons. The minimum atomic E-state index is -3.05. The lowest BCUT2D eigenvalue weighted by Crippen LogP contribution is -2.48. The van der Waals surface area contributed by atoms with Crippen LogP contribution in [-0.2, 0) is 6.42 Å². The van der Waals surface area contributed by atoms with E-state index in [2.05, 4.69) is 36.3 Å². The third-order valence-electron chi connectivity index (χ3n) is 4.89. The van der Waals surface area contributed by atoms with E-state index in [9.17, 15) is 18.4 Å². The minimum Gasteiger partial charge on any atom is -0.438 e. The zero-order valence-corrected chi connectivity index (χ0v) is 17.9. The molecule has 2 amide bonds. The lowest BCUT2D eigenvalue weighted by atomic mass is 10.1. The number of nitrogens with one attached hydrogen (secondary N) is 2. The summed E-state index contributed by atoms with van der Waals surface area (Å²) >= 11 is 3.23. The summed E-state index contributed by atoms with van der Waals surface area (Å²) in [6, 6.07) is 3.57. The van der Waals surface area contributed by atoms with Gasteiger partial charge in [-0.2, -0.15) is 8.78 Å². The molecule has 1 aromatic carbocycles. The number of aryl methyl sites for hydroxylation is 1. The largest absolute Gasteiger partial charge is 0.438 e. The maximum absolute atomic E-state index is 12.8. The fraction of sp³-hybridized carbons (Fsp3) is 0.450. The average molecular weight is 486 g/mol. The summed E-state index contributed by atoms with van der Waals surface area (Å²) in [5, 5.41) is 5.73. The molecule has 0 saturated heterocycles. The zero-order valence-electron chi connectivity index (χ0n) is 16.3. The normalized spacial score (nSPS) is 18.4. The molecule has 0 aliphatic heterocycles. The lowest BCUT2D eigenvalue weighted by molar-refractivity contribution is -0.0501. The van der Waals surface area contributed by atoms with Crippen LogP contribution in [0.25, 0.3) is 0 Å². The Labute approximate surface area is 180 Å². The van der Waals surface area contributed by atoms with Crippen LogP contribution in [0.1, 0.15) is 59.2 Å². The molecule has 30 heavy (non-hydrogen) atoms.